The topological polar surface area (TPSA) is 92.9 Å². The summed E-state index contributed by atoms with van der Waals surface area (Å²) >= 11 is 0. The van der Waals surface area contributed by atoms with Crippen LogP contribution in [0.15, 0.2) is 12.7 Å². The Morgan fingerprint density at radius 1 is 1.62 bits per heavy atom. The summed E-state index contributed by atoms with van der Waals surface area (Å²) in [6.07, 6.45) is 1.85. The van der Waals surface area contributed by atoms with Crippen LogP contribution in [0.4, 0.5) is 0 Å². The number of hydrogen-bond donors (Lipinski definition) is 2. The van der Waals surface area contributed by atoms with Gasteiger partial charge in [-0.25, -0.2) is 0 Å². The van der Waals surface area contributed by atoms with E-state index in [-0.39, 0.29) is 19.7 Å². The van der Waals surface area contributed by atoms with E-state index in [4.69, 9.17) is 15.6 Å². The Kier molecular flexibility index (Phi) is 7.15. The number of carbonyl (C=O) groups is 2. The van der Waals surface area contributed by atoms with Crippen LogP contribution in [0.25, 0.3) is 0 Å². The standard InChI is InChI=1S/C10H18N2O4/c1-3-4-8(11)10(15)12(5-6-16-2)7-9(13)14/h3,8H,1,4-7,11H2,2H3,(H,13,14). The minimum absolute atomic E-state index is 0.215. The summed E-state index contributed by atoms with van der Waals surface area (Å²) in [6, 6.07) is -0.742. The van der Waals surface area contributed by atoms with Crippen molar-refractivity contribution >= 4 is 11.9 Å². The van der Waals surface area contributed by atoms with E-state index in [0.29, 0.717) is 6.42 Å². The van der Waals surface area contributed by atoms with Gasteiger partial charge in [0.1, 0.15) is 6.54 Å². The predicted octanol–water partition coefficient (Wildman–Crippen LogP) is -0.551. The molecule has 0 aromatic rings. The highest BCUT2D eigenvalue weighted by molar-refractivity contribution is 5.85. The molecule has 0 radical (unpaired) electrons. The minimum Gasteiger partial charge on any atom is -0.480 e. The fourth-order valence-electron chi connectivity index (χ4n) is 1.15. The zero-order chi connectivity index (χ0) is 12.6. The lowest BCUT2D eigenvalue weighted by Crippen LogP contribution is -2.46. The second kappa shape index (κ2) is 7.84. The predicted molar refractivity (Wildman–Crippen MR) is 58.9 cm³/mol. The molecule has 0 aromatic heterocycles. The molecule has 16 heavy (non-hydrogen) atoms. The molecule has 3 N–H and O–H groups in total. The SMILES string of the molecule is C=CCC(N)C(=O)N(CCOC)CC(=O)O. The lowest BCUT2D eigenvalue weighted by atomic mass is 10.2. The van der Waals surface area contributed by atoms with Crippen molar-refractivity contribution in [1.82, 2.24) is 4.90 Å². The molecule has 1 amide bonds. The molecule has 0 aromatic carbocycles. The van der Waals surface area contributed by atoms with Crippen LogP contribution in [-0.4, -0.2) is 54.7 Å². The van der Waals surface area contributed by atoms with Gasteiger partial charge >= 0.3 is 5.97 Å². The summed E-state index contributed by atoms with van der Waals surface area (Å²) in [6.45, 7) is 3.60. The van der Waals surface area contributed by atoms with Crippen LogP contribution >= 0.6 is 0 Å². The summed E-state index contributed by atoms with van der Waals surface area (Å²) in [5.41, 5.74) is 5.58. The first-order valence-corrected chi connectivity index (χ1v) is 4.89. The summed E-state index contributed by atoms with van der Waals surface area (Å²) in [7, 11) is 1.48. The van der Waals surface area contributed by atoms with Crippen LogP contribution in [0.5, 0.6) is 0 Å². The Morgan fingerprint density at radius 3 is 2.69 bits per heavy atom. The van der Waals surface area contributed by atoms with Crippen molar-refractivity contribution in [3.63, 3.8) is 0 Å². The Bertz CT molecular complexity index is 255. The first kappa shape index (κ1) is 14.6. The van der Waals surface area contributed by atoms with E-state index in [2.05, 4.69) is 6.58 Å². The number of nitrogens with zero attached hydrogens (tertiary/aromatic N) is 1. The molecule has 92 valence electrons. The molecule has 0 heterocycles. The molecule has 0 rings (SSSR count). The third kappa shape index (κ3) is 5.47. The Labute approximate surface area is 94.7 Å². The summed E-state index contributed by atoms with van der Waals surface area (Å²) in [5, 5.41) is 8.65. The third-order valence-corrected chi connectivity index (χ3v) is 1.94. The fraction of sp³-hybridized carbons (Fsp3) is 0.600. The van der Waals surface area contributed by atoms with Gasteiger partial charge in [0.05, 0.1) is 12.6 Å². The highest BCUT2D eigenvalue weighted by Crippen LogP contribution is 1.98. The van der Waals surface area contributed by atoms with Gasteiger partial charge in [-0.15, -0.1) is 6.58 Å². The second-order valence-corrected chi connectivity index (χ2v) is 3.28. The summed E-state index contributed by atoms with van der Waals surface area (Å²) in [5.74, 6) is -1.48. The van der Waals surface area contributed by atoms with Crippen molar-refractivity contribution in [3.8, 4) is 0 Å². The van der Waals surface area contributed by atoms with E-state index in [1.165, 1.54) is 18.1 Å². The maximum Gasteiger partial charge on any atom is 0.323 e. The molecule has 1 atom stereocenters. The number of nitrogens with two attached hydrogens (primary N) is 1. The summed E-state index contributed by atoms with van der Waals surface area (Å²) < 4.78 is 4.80. The molecule has 0 fully saturated rings. The number of carboxylic acid groups (broad SMARTS) is 1. The first-order chi connectivity index (χ1) is 7.52. The van der Waals surface area contributed by atoms with E-state index >= 15 is 0 Å². The van der Waals surface area contributed by atoms with Crippen molar-refractivity contribution in [3.05, 3.63) is 12.7 Å². The van der Waals surface area contributed by atoms with Crippen molar-refractivity contribution in [2.75, 3.05) is 26.8 Å². The third-order valence-electron chi connectivity index (χ3n) is 1.94. The number of amides is 1. The molecule has 0 saturated carbocycles. The van der Waals surface area contributed by atoms with Crippen LogP contribution in [-0.2, 0) is 14.3 Å². The summed E-state index contributed by atoms with van der Waals surface area (Å²) in [4.78, 5) is 23.4. The average Bonchev–Trinajstić information content (AvgIpc) is 2.23. The molecule has 0 aliphatic carbocycles. The number of rotatable bonds is 8. The smallest absolute Gasteiger partial charge is 0.323 e. The lowest BCUT2D eigenvalue weighted by Gasteiger charge is -2.23. The molecule has 0 aliphatic heterocycles. The molecule has 0 spiro atoms. The van der Waals surface area contributed by atoms with Crippen LogP contribution in [0, 0.1) is 0 Å². The van der Waals surface area contributed by atoms with E-state index in [0.717, 1.165) is 0 Å². The maximum atomic E-state index is 11.7. The fourth-order valence-corrected chi connectivity index (χ4v) is 1.15. The van der Waals surface area contributed by atoms with Crippen molar-refractivity contribution in [2.24, 2.45) is 5.73 Å². The number of aliphatic carboxylic acids is 1. The van der Waals surface area contributed by atoms with Crippen molar-refractivity contribution < 1.29 is 19.4 Å². The van der Waals surface area contributed by atoms with Gasteiger partial charge in [-0.3, -0.25) is 9.59 Å². The molecule has 0 saturated heterocycles. The van der Waals surface area contributed by atoms with E-state index in [1.807, 2.05) is 0 Å². The zero-order valence-electron chi connectivity index (χ0n) is 9.39. The largest absolute Gasteiger partial charge is 0.480 e. The van der Waals surface area contributed by atoms with Crippen LogP contribution in [0.1, 0.15) is 6.42 Å². The van der Waals surface area contributed by atoms with Crippen molar-refractivity contribution in [1.29, 1.82) is 0 Å². The van der Waals surface area contributed by atoms with Gasteiger partial charge in [0.25, 0.3) is 0 Å². The van der Waals surface area contributed by atoms with Gasteiger partial charge in [0, 0.05) is 13.7 Å². The van der Waals surface area contributed by atoms with Gasteiger partial charge in [0.15, 0.2) is 0 Å². The van der Waals surface area contributed by atoms with Gasteiger partial charge in [-0.1, -0.05) is 6.08 Å². The van der Waals surface area contributed by atoms with E-state index < -0.39 is 17.9 Å². The normalized spacial score (nSPS) is 11.9. The minimum atomic E-state index is -1.07. The number of carboxylic acids is 1. The van der Waals surface area contributed by atoms with E-state index in [1.54, 1.807) is 0 Å². The van der Waals surface area contributed by atoms with Gasteiger partial charge in [0.2, 0.25) is 5.91 Å². The average molecular weight is 230 g/mol. The maximum absolute atomic E-state index is 11.7. The Morgan fingerprint density at radius 2 is 2.25 bits per heavy atom. The number of ether oxygens (including phenoxy) is 1. The molecule has 6 heteroatoms. The molecular weight excluding hydrogens is 212 g/mol. The molecule has 0 aliphatic rings. The second-order valence-electron chi connectivity index (χ2n) is 3.28. The number of methoxy groups -OCH3 is 1. The number of carbonyl (C=O) groups excluding carboxylic acids is 1. The Balaban J connectivity index is 4.40. The Hall–Kier alpha value is -1.40. The molecular formula is C10H18N2O4. The highest BCUT2D eigenvalue weighted by atomic mass is 16.5. The van der Waals surface area contributed by atoms with Crippen LogP contribution in [0.2, 0.25) is 0 Å². The van der Waals surface area contributed by atoms with Crippen LogP contribution < -0.4 is 5.73 Å². The van der Waals surface area contributed by atoms with Crippen LogP contribution in [0.3, 0.4) is 0 Å². The molecule has 6 nitrogen and oxygen atoms in total. The van der Waals surface area contributed by atoms with Gasteiger partial charge < -0.3 is 20.5 Å². The molecule has 1 unspecified atom stereocenters. The first-order valence-electron chi connectivity index (χ1n) is 4.89. The van der Waals surface area contributed by atoms with Crippen molar-refractivity contribution in [2.45, 2.75) is 12.5 Å². The lowest BCUT2D eigenvalue weighted by molar-refractivity contribution is -0.145. The quantitative estimate of drug-likeness (QED) is 0.546. The zero-order valence-corrected chi connectivity index (χ0v) is 9.39. The van der Waals surface area contributed by atoms with Gasteiger partial charge in [-0.2, -0.15) is 0 Å². The molecule has 0 bridgehead atoms. The monoisotopic (exact) mass is 230 g/mol. The number of hydrogen-bond acceptors (Lipinski definition) is 4. The van der Waals surface area contributed by atoms with E-state index in [9.17, 15) is 9.59 Å². The highest BCUT2D eigenvalue weighted by Gasteiger charge is 2.21. The van der Waals surface area contributed by atoms with Gasteiger partial charge in [-0.05, 0) is 6.42 Å².